The maximum absolute atomic E-state index is 11.9. The van der Waals surface area contributed by atoms with Crippen LogP contribution in [0.2, 0.25) is 0 Å². The van der Waals surface area contributed by atoms with E-state index in [2.05, 4.69) is 6.92 Å². The molecule has 2 aliphatic rings. The summed E-state index contributed by atoms with van der Waals surface area (Å²) in [6.45, 7) is 3.96. The molecule has 2 rings (SSSR count). The molecule has 0 aromatic carbocycles. The molecular formula is C15H26N2O3S. The number of unbranched alkanes of at least 4 members (excludes halogenated alkanes) is 1. The van der Waals surface area contributed by atoms with Crippen LogP contribution in [-0.4, -0.2) is 72.0 Å². The van der Waals surface area contributed by atoms with Crippen molar-refractivity contribution < 1.29 is 14.3 Å². The Labute approximate surface area is 131 Å². The van der Waals surface area contributed by atoms with Crippen molar-refractivity contribution in [2.24, 2.45) is 0 Å². The minimum absolute atomic E-state index is 0.00549. The highest BCUT2D eigenvalue weighted by atomic mass is 32.2. The van der Waals surface area contributed by atoms with Crippen LogP contribution in [-0.2, 0) is 14.3 Å². The van der Waals surface area contributed by atoms with Crippen LogP contribution < -0.4 is 0 Å². The van der Waals surface area contributed by atoms with Crippen molar-refractivity contribution in [3.8, 4) is 0 Å². The summed E-state index contributed by atoms with van der Waals surface area (Å²) >= 11 is 1.90. The third-order valence-corrected chi connectivity index (χ3v) is 5.75. The number of amides is 2. The number of carbonyl (C=O) groups excluding carboxylic acids is 2. The van der Waals surface area contributed by atoms with E-state index in [-0.39, 0.29) is 29.3 Å². The minimum Gasteiger partial charge on any atom is -0.367 e. The highest BCUT2D eigenvalue weighted by Gasteiger charge is 2.50. The Morgan fingerprint density at radius 1 is 1.38 bits per heavy atom. The van der Waals surface area contributed by atoms with Crippen molar-refractivity contribution in [3.63, 3.8) is 0 Å². The van der Waals surface area contributed by atoms with Gasteiger partial charge in [0.15, 0.2) is 0 Å². The molecule has 0 radical (unpaired) electrons. The highest BCUT2D eigenvalue weighted by Crippen LogP contribution is 2.46. The Kier molecular flexibility index (Phi) is 5.54. The third kappa shape index (κ3) is 4.13. The molecular weight excluding hydrogens is 288 g/mol. The van der Waals surface area contributed by atoms with Gasteiger partial charge < -0.3 is 14.5 Å². The predicted molar refractivity (Wildman–Crippen MR) is 84.3 cm³/mol. The van der Waals surface area contributed by atoms with Crippen LogP contribution in [0.1, 0.15) is 32.6 Å². The normalized spacial score (nSPS) is 23.2. The van der Waals surface area contributed by atoms with Crippen molar-refractivity contribution in [2.75, 3.05) is 39.5 Å². The molecule has 0 bridgehead atoms. The topological polar surface area (TPSA) is 49.9 Å². The number of thioether (sulfide) groups is 1. The average molecular weight is 314 g/mol. The maximum atomic E-state index is 11.9. The summed E-state index contributed by atoms with van der Waals surface area (Å²) in [5.41, 5.74) is 0. The highest BCUT2D eigenvalue weighted by molar-refractivity contribution is 8.01. The zero-order valence-corrected chi connectivity index (χ0v) is 14.1. The largest absolute Gasteiger partial charge is 0.367 e. The van der Waals surface area contributed by atoms with Gasteiger partial charge in [-0.2, -0.15) is 0 Å². The van der Waals surface area contributed by atoms with Gasteiger partial charge in [-0.15, -0.1) is 11.8 Å². The van der Waals surface area contributed by atoms with Crippen LogP contribution in [0.25, 0.3) is 0 Å². The van der Waals surface area contributed by atoms with Gasteiger partial charge in [-0.05, 0) is 12.8 Å². The number of ether oxygens (including phenoxy) is 1. The first kappa shape index (κ1) is 16.6. The fourth-order valence-corrected chi connectivity index (χ4v) is 4.31. The van der Waals surface area contributed by atoms with Crippen LogP contribution in [0.3, 0.4) is 0 Å². The molecule has 1 unspecified atom stereocenters. The zero-order valence-electron chi connectivity index (χ0n) is 13.3. The quantitative estimate of drug-likeness (QED) is 0.743. The van der Waals surface area contributed by atoms with Gasteiger partial charge in [-0.1, -0.05) is 13.3 Å². The fraction of sp³-hybridized carbons (Fsp3) is 0.867. The van der Waals surface area contributed by atoms with Gasteiger partial charge in [0.05, 0.1) is 10.9 Å². The number of hydrogen-bond donors (Lipinski definition) is 0. The van der Waals surface area contributed by atoms with Crippen LogP contribution in [0.4, 0.5) is 0 Å². The molecule has 1 spiro atoms. The standard InChI is InChI=1S/C15H26N2O3S/c1-4-5-6-13(18)17-10-15(11-17)7-12(9-21-15)20-8-14(19)16(2)3/h12H,4-11H2,1-3H3. The molecule has 1 atom stereocenters. The molecule has 6 heteroatoms. The van der Waals surface area contributed by atoms with Crippen LogP contribution >= 0.6 is 11.8 Å². The summed E-state index contributed by atoms with van der Waals surface area (Å²) in [4.78, 5) is 27.0. The van der Waals surface area contributed by atoms with Gasteiger partial charge in [0, 0.05) is 39.4 Å². The number of hydrogen-bond acceptors (Lipinski definition) is 4. The van der Waals surface area contributed by atoms with Gasteiger partial charge >= 0.3 is 0 Å². The summed E-state index contributed by atoms with van der Waals surface area (Å²) < 4.78 is 5.89. The number of likely N-dealkylation sites (N-methyl/N-ethyl adjacent to an activating group) is 1. The van der Waals surface area contributed by atoms with E-state index in [1.54, 1.807) is 19.0 Å². The van der Waals surface area contributed by atoms with Crippen LogP contribution in [0, 0.1) is 0 Å². The Morgan fingerprint density at radius 3 is 2.71 bits per heavy atom. The van der Waals surface area contributed by atoms with Crippen molar-refractivity contribution in [1.82, 2.24) is 9.80 Å². The lowest BCUT2D eigenvalue weighted by atomic mass is 9.92. The second-order valence-corrected chi connectivity index (χ2v) is 7.76. The van der Waals surface area contributed by atoms with E-state index in [0.717, 1.165) is 38.1 Å². The molecule has 120 valence electrons. The fourth-order valence-electron chi connectivity index (χ4n) is 2.76. The Morgan fingerprint density at radius 2 is 2.10 bits per heavy atom. The van der Waals surface area contributed by atoms with E-state index in [1.165, 1.54) is 0 Å². The Bertz CT molecular complexity index is 394. The van der Waals surface area contributed by atoms with E-state index in [9.17, 15) is 9.59 Å². The van der Waals surface area contributed by atoms with Crippen molar-refractivity contribution in [3.05, 3.63) is 0 Å². The van der Waals surface area contributed by atoms with Crippen LogP contribution in [0.5, 0.6) is 0 Å². The van der Waals surface area contributed by atoms with E-state index >= 15 is 0 Å². The number of nitrogens with zero attached hydrogens (tertiary/aromatic N) is 2. The minimum atomic E-state index is 0.00549. The monoisotopic (exact) mass is 314 g/mol. The van der Waals surface area contributed by atoms with E-state index in [0.29, 0.717) is 6.42 Å². The predicted octanol–water partition coefficient (Wildman–Crippen LogP) is 1.37. The SMILES string of the molecule is CCCCC(=O)N1CC2(CC(OCC(=O)N(C)C)CS2)C1. The molecule has 5 nitrogen and oxygen atoms in total. The molecule has 21 heavy (non-hydrogen) atoms. The van der Waals surface area contributed by atoms with Crippen molar-refractivity contribution in [1.29, 1.82) is 0 Å². The molecule has 2 aliphatic heterocycles. The van der Waals surface area contributed by atoms with Gasteiger partial charge in [-0.3, -0.25) is 9.59 Å². The first-order chi connectivity index (χ1) is 9.96. The Hall–Kier alpha value is -0.750. The van der Waals surface area contributed by atoms with E-state index in [4.69, 9.17) is 4.74 Å². The molecule has 0 aliphatic carbocycles. The second-order valence-electron chi connectivity index (χ2n) is 6.27. The van der Waals surface area contributed by atoms with Gasteiger partial charge in [0.25, 0.3) is 0 Å². The molecule has 2 heterocycles. The summed E-state index contributed by atoms with van der Waals surface area (Å²) in [6.07, 6.45) is 3.82. The number of likely N-dealkylation sites (tertiary alicyclic amines) is 1. The summed E-state index contributed by atoms with van der Waals surface area (Å²) in [7, 11) is 3.48. The lowest BCUT2D eigenvalue weighted by molar-refractivity contribution is -0.137. The average Bonchev–Trinajstić information content (AvgIpc) is 2.84. The molecule has 0 saturated carbocycles. The molecule has 2 amide bonds. The Balaban J connectivity index is 1.69. The number of rotatable bonds is 6. The number of carbonyl (C=O) groups is 2. The lowest BCUT2D eigenvalue weighted by Crippen LogP contribution is -2.60. The molecule has 0 aromatic rings. The summed E-state index contributed by atoms with van der Waals surface area (Å²) in [6, 6.07) is 0. The van der Waals surface area contributed by atoms with Gasteiger partial charge in [-0.25, -0.2) is 0 Å². The van der Waals surface area contributed by atoms with Crippen molar-refractivity contribution in [2.45, 2.75) is 43.5 Å². The molecule has 0 N–H and O–H groups in total. The smallest absolute Gasteiger partial charge is 0.248 e. The third-order valence-electron chi connectivity index (χ3n) is 4.17. The van der Waals surface area contributed by atoms with Gasteiger partial charge in [0.1, 0.15) is 6.61 Å². The summed E-state index contributed by atoms with van der Waals surface area (Å²) in [5, 5.41) is 0. The summed E-state index contributed by atoms with van der Waals surface area (Å²) in [5.74, 6) is 1.22. The van der Waals surface area contributed by atoms with E-state index in [1.807, 2.05) is 16.7 Å². The lowest BCUT2D eigenvalue weighted by Gasteiger charge is -2.47. The zero-order chi connectivity index (χ0) is 15.5. The molecule has 2 fully saturated rings. The maximum Gasteiger partial charge on any atom is 0.248 e. The van der Waals surface area contributed by atoms with Gasteiger partial charge in [0.2, 0.25) is 11.8 Å². The first-order valence-corrected chi connectivity index (χ1v) is 8.68. The van der Waals surface area contributed by atoms with Crippen LogP contribution in [0.15, 0.2) is 0 Å². The molecule has 2 saturated heterocycles. The molecule has 0 aromatic heterocycles. The van der Waals surface area contributed by atoms with Crippen molar-refractivity contribution >= 4 is 23.6 Å². The second kappa shape index (κ2) is 7.01. The first-order valence-electron chi connectivity index (χ1n) is 7.69. The van der Waals surface area contributed by atoms with E-state index < -0.39 is 0 Å².